The molecule has 0 aliphatic rings. The van der Waals surface area contributed by atoms with E-state index in [0.29, 0.717) is 5.92 Å². The van der Waals surface area contributed by atoms with Crippen LogP contribution in [0, 0.1) is 17.7 Å². The Labute approximate surface area is 104 Å². The fourth-order valence-electron chi connectivity index (χ4n) is 2.11. The first-order valence-corrected chi connectivity index (χ1v) is 6.51. The fraction of sp³-hybridized carbons (Fsp3) is 0.600. The molecule has 1 unspecified atom stereocenters. The van der Waals surface area contributed by atoms with Gasteiger partial charge >= 0.3 is 0 Å². The van der Waals surface area contributed by atoms with Gasteiger partial charge in [-0.1, -0.05) is 38.5 Å². The molecule has 0 aromatic heterocycles. The molecule has 17 heavy (non-hydrogen) atoms. The van der Waals surface area contributed by atoms with Crippen molar-refractivity contribution in [2.24, 2.45) is 11.8 Å². The van der Waals surface area contributed by atoms with Gasteiger partial charge in [0.15, 0.2) is 0 Å². The maximum atomic E-state index is 13.6. The van der Waals surface area contributed by atoms with Gasteiger partial charge in [-0.25, -0.2) is 4.39 Å². The molecule has 0 spiro atoms. The summed E-state index contributed by atoms with van der Waals surface area (Å²) in [6, 6.07) is 7.11. The normalized spacial score (nSPS) is 13.0. The van der Waals surface area contributed by atoms with E-state index in [1.807, 2.05) is 19.2 Å². The molecule has 96 valence electrons. The minimum Gasteiger partial charge on any atom is -0.319 e. The van der Waals surface area contributed by atoms with Crippen molar-refractivity contribution in [3.8, 4) is 0 Å². The molecule has 1 aromatic rings. The number of hydrogen-bond donors (Lipinski definition) is 1. The second-order valence-electron chi connectivity index (χ2n) is 5.19. The van der Waals surface area contributed by atoms with Crippen LogP contribution in [0.15, 0.2) is 24.3 Å². The van der Waals surface area contributed by atoms with Gasteiger partial charge in [-0.3, -0.25) is 0 Å². The van der Waals surface area contributed by atoms with E-state index < -0.39 is 0 Å². The topological polar surface area (TPSA) is 12.0 Å². The maximum absolute atomic E-state index is 13.6. The standard InChI is InChI=1S/C15H24FN/c1-12(2)8-9-13(11-17-3)10-14-6-4-5-7-15(14)16/h4-7,12-13,17H,8-11H2,1-3H3. The highest BCUT2D eigenvalue weighted by molar-refractivity contribution is 5.17. The molecule has 2 heteroatoms. The molecule has 0 radical (unpaired) electrons. The van der Waals surface area contributed by atoms with E-state index in [2.05, 4.69) is 19.2 Å². The van der Waals surface area contributed by atoms with Crippen molar-refractivity contribution in [2.45, 2.75) is 33.1 Å². The highest BCUT2D eigenvalue weighted by atomic mass is 19.1. The number of nitrogens with one attached hydrogen (secondary N) is 1. The average Bonchev–Trinajstić information content (AvgIpc) is 2.29. The predicted octanol–water partition coefficient (Wildman–Crippen LogP) is 3.64. The molecule has 1 aromatic carbocycles. The van der Waals surface area contributed by atoms with E-state index in [4.69, 9.17) is 0 Å². The van der Waals surface area contributed by atoms with Crippen LogP contribution in [0.2, 0.25) is 0 Å². The van der Waals surface area contributed by atoms with E-state index in [1.165, 1.54) is 6.42 Å². The maximum Gasteiger partial charge on any atom is 0.126 e. The van der Waals surface area contributed by atoms with E-state index in [1.54, 1.807) is 12.1 Å². The van der Waals surface area contributed by atoms with Crippen molar-refractivity contribution < 1.29 is 4.39 Å². The van der Waals surface area contributed by atoms with Crippen molar-refractivity contribution in [3.05, 3.63) is 35.6 Å². The summed E-state index contributed by atoms with van der Waals surface area (Å²) in [4.78, 5) is 0. The summed E-state index contributed by atoms with van der Waals surface area (Å²) < 4.78 is 13.6. The van der Waals surface area contributed by atoms with E-state index in [-0.39, 0.29) is 5.82 Å². The van der Waals surface area contributed by atoms with Gasteiger partial charge in [-0.2, -0.15) is 0 Å². The Morgan fingerprint density at radius 2 is 1.88 bits per heavy atom. The van der Waals surface area contributed by atoms with Crippen LogP contribution in [-0.4, -0.2) is 13.6 Å². The molecule has 0 bridgehead atoms. The summed E-state index contributed by atoms with van der Waals surface area (Å²) in [6.07, 6.45) is 3.20. The lowest BCUT2D eigenvalue weighted by Crippen LogP contribution is -2.21. The SMILES string of the molecule is CNCC(CCC(C)C)Cc1ccccc1F. The van der Waals surface area contributed by atoms with Crippen molar-refractivity contribution >= 4 is 0 Å². The summed E-state index contributed by atoms with van der Waals surface area (Å²) in [7, 11) is 1.96. The average molecular weight is 237 g/mol. The Kier molecular flexibility index (Phi) is 6.20. The fourth-order valence-corrected chi connectivity index (χ4v) is 2.11. The minimum absolute atomic E-state index is 0.0712. The van der Waals surface area contributed by atoms with Gasteiger partial charge in [-0.15, -0.1) is 0 Å². The van der Waals surface area contributed by atoms with Crippen molar-refractivity contribution in [1.82, 2.24) is 5.32 Å². The van der Waals surface area contributed by atoms with E-state index in [0.717, 1.165) is 30.9 Å². The zero-order valence-electron chi connectivity index (χ0n) is 11.2. The Hall–Kier alpha value is -0.890. The first kappa shape index (κ1) is 14.2. The van der Waals surface area contributed by atoms with E-state index in [9.17, 15) is 4.39 Å². The summed E-state index contributed by atoms with van der Waals surface area (Å²) in [5.41, 5.74) is 0.844. The summed E-state index contributed by atoms with van der Waals surface area (Å²) in [5.74, 6) is 1.17. The van der Waals surface area contributed by atoms with Crippen LogP contribution in [0.25, 0.3) is 0 Å². The lowest BCUT2D eigenvalue weighted by molar-refractivity contribution is 0.404. The Bertz CT molecular complexity index is 322. The number of hydrogen-bond acceptors (Lipinski definition) is 1. The molecule has 0 amide bonds. The number of rotatable bonds is 7. The molecule has 1 atom stereocenters. The third-order valence-electron chi connectivity index (χ3n) is 3.11. The summed E-state index contributed by atoms with van der Waals surface area (Å²) >= 11 is 0. The third kappa shape index (κ3) is 5.31. The molecule has 1 rings (SSSR count). The highest BCUT2D eigenvalue weighted by Crippen LogP contribution is 2.18. The van der Waals surface area contributed by atoms with Crippen LogP contribution in [0.3, 0.4) is 0 Å². The Balaban J connectivity index is 2.56. The molecule has 0 saturated heterocycles. The minimum atomic E-state index is -0.0712. The molecule has 0 heterocycles. The van der Waals surface area contributed by atoms with Gasteiger partial charge in [0.05, 0.1) is 0 Å². The van der Waals surface area contributed by atoms with Gasteiger partial charge in [0, 0.05) is 0 Å². The van der Waals surface area contributed by atoms with Gasteiger partial charge in [0.1, 0.15) is 5.82 Å². The Morgan fingerprint density at radius 3 is 2.47 bits per heavy atom. The van der Waals surface area contributed by atoms with E-state index >= 15 is 0 Å². The molecule has 1 nitrogen and oxygen atoms in total. The summed E-state index contributed by atoms with van der Waals surface area (Å²) in [5, 5.41) is 3.21. The largest absolute Gasteiger partial charge is 0.319 e. The second-order valence-corrected chi connectivity index (χ2v) is 5.19. The first-order chi connectivity index (χ1) is 8.13. The van der Waals surface area contributed by atoms with Crippen LogP contribution in [0.4, 0.5) is 4.39 Å². The van der Waals surface area contributed by atoms with Gasteiger partial charge in [0.2, 0.25) is 0 Å². The third-order valence-corrected chi connectivity index (χ3v) is 3.11. The van der Waals surface area contributed by atoms with Crippen molar-refractivity contribution in [1.29, 1.82) is 0 Å². The predicted molar refractivity (Wildman–Crippen MR) is 71.6 cm³/mol. The van der Waals surface area contributed by atoms with Gasteiger partial charge in [0.25, 0.3) is 0 Å². The van der Waals surface area contributed by atoms with Crippen LogP contribution in [0.1, 0.15) is 32.3 Å². The van der Waals surface area contributed by atoms with Gasteiger partial charge < -0.3 is 5.32 Å². The van der Waals surface area contributed by atoms with Crippen molar-refractivity contribution in [3.63, 3.8) is 0 Å². The smallest absolute Gasteiger partial charge is 0.126 e. The zero-order chi connectivity index (χ0) is 12.7. The van der Waals surface area contributed by atoms with Crippen LogP contribution >= 0.6 is 0 Å². The van der Waals surface area contributed by atoms with Crippen molar-refractivity contribution in [2.75, 3.05) is 13.6 Å². The quantitative estimate of drug-likeness (QED) is 0.763. The summed E-state index contributed by atoms with van der Waals surface area (Å²) in [6.45, 7) is 5.43. The highest BCUT2D eigenvalue weighted by Gasteiger charge is 2.12. The molecule has 0 saturated carbocycles. The first-order valence-electron chi connectivity index (χ1n) is 6.51. The molecule has 0 aliphatic carbocycles. The van der Waals surface area contributed by atoms with Crippen LogP contribution < -0.4 is 5.32 Å². The van der Waals surface area contributed by atoms with Crippen LogP contribution in [-0.2, 0) is 6.42 Å². The second kappa shape index (κ2) is 7.44. The molecule has 1 N–H and O–H groups in total. The molecule has 0 aliphatic heterocycles. The molecular formula is C15H24FN. The van der Waals surface area contributed by atoms with Gasteiger partial charge in [-0.05, 0) is 49.9 Å². The molecular weight excluding hydrogens is 213 g/mol. The number of benzene rings is 1. The lowest BCUT2D eigenvalue weighted by Gasteiger charge is -2.18. The lowest BCUT2D eigenvalue weighted by atomic mass is 9.91. The number of halogens is 1. The zero-order valence-corrected chi connectivity index (χ0v) is 11.2. The monoisotopic (exact) mass is 237 g/mol. The van der Waals surface area contributed by atoms with Crippen LogP contribution in [0.5, 0.6) is 0 Å². The molecule has 0 fully saturated rings. The Morgan fingerprint density at radius 1 is 1.18 bits per heavy atom.